The summed E-state index contributed by atoms with van der Waals surface area (Å²) in [5, 5.41) is 0. The highest BCUT2D eigenvalue weighted by molar-refractivity contribution is 6.02. The maximum atomic E-state index is 12.8. The van der Waals surface area contributed by atoms with Crippen LogP contribution in [0.5, 0.6) is 5.75 Å². The van der Waals surface area contributed by atoms with E-state index in [1.165, 1.54) is 0 Å². The molecule has 1 aromatic carbocycles. The van der Waals surface area contributed by atoms with Crippen LogP contribution in [0, 0.1) is 0 Å². The van der Waals surface area contributed by atoms with Crippen LogP contribution in [-0.4, -0.2) is 24.1 Å². The minimum absolute atomic E-state index is 0.0607. The third-order valence-electron chi connectivity index (χ3n) is 3.90. The number of carbonyl (C=O) groups is 1. The fourth-order valence-corrected chi connectivity index (χ4v) is 2.47. The summed E-state index contributed by atoms with van der Waals surface area (Å²) in [5.74, 6) is 0.849. The molecule has 3 nitrogen and oxygen atoms in total. The predicted molar refractivity (Wildman–Crippen MR) is 79.4 cm³/mol. The van der Waals surface area contributed by atoms with E-state index >= 15 is 0 Å². The molecule has 0 unspecified atom stereocenters. The average molecular weight is 276 g/mol. The summed E-state index contributed by atoms with van der Waals surface area (Å²) in [6, 6.07) is 7.49. The van der Waals surface area contributed by atoms with E-state index in [1.54, 1.807) is 0 Å². The molecular formula is C17H24O3. The second-order valence-corrected chi connectivity index (χ2v) is 5.31. The first-order valence-electron chi connectivity index (χ1n) is 7.60. The van der Waals surface area contributed by atoms with Crippen molar-refractivity contribution in [2.45, 2.75) is 58.2 Å². The van der Waals surface area contributed by atoms with Gasteiger partial charge in [-0.2, -0.15) is 0 Å². The Kier molecular flexibility index (Phi) is 4.81. The topological polar surface area (TPSA) is 35.5 Å². The lowest BCUT2D eigenvalue weighted by Crippen LogP contribution is -2.40. The molecule has 1 aliphatic rings. The molecule has 0 amide bonds. The largest absolute Gasteiger partial charge is 0.490 e. The van der Waals surface area contributed by atoms with Crippen molar-refractivity contribution in [2.75, 3.05) is 6.61 Å². The molecule has 1 aliphatic carbocycles. The SMILES string of the molecule is CCOC(CC)(CC)C(=O)c1cccc(OC2CC2)c1. The van der Waals surface area contributed by atoms with Gasteiger partial charge in [-0.05, 0) is 44.7 Å². The van der Waals surface area contributed by atoms with E-state index < -0.39 is 5.60 Å². The van der Waals surface area contributed by atoms with E-state index in [-0.39, 0.29) is 5.78 Å². The zero-order chi connectivity index (χ0) is 14.6. The third-order valence-corrected chi connectivity index (χ3v) is 3.90. The molecule has 3 heteroatoms. The summed E-state index contributed by atoms with van der Waals surface area (Å²) in [6.45, 7) is 6.48. The van der Waals surface area contributed by atoms with E-state index in [0.717, 1.165) is 18.6 Å². The number of benzene rings is 1. The van der Waals surface area contributed by atoms with Crippen LogP contribution in [0.3, 0.4) is 0 Å². The zero-order valence-corrected chi connectivity index (χ0v) is 12.6. The van der Waals surface area contributed by atoms with E-state index in [4.69, 9.17) is 9.47 Å². The number of carbonyl (C=O) groups excluding carboxylic acids is 1. The van der Waals surface area contributed by atoms with Crippen molar-refractivity contribution in [3.63, 3.8) is 0 Å². The van der Waals surface area contributed by atoms with Gasteiger partial charge in [-0.1, -0.05) is 26.0 Å². The predicted octanol–water partition coefficient (Wildman–Crippen LogP) is 4.01. The highest BCUT2D eigenvalue weighted by Crippen LogP contribution is 2.30. The Morgan fingerprint density at radius 3 is 2.50 bits per heavy atom. The molecule has 110 valence electrons. The summed E-state index contributed by atoms with van der Waals surface area (Å²) >= 11 is 0. The van der Waals surface area contributed by atoms with Gasteiger partial charge in [-0.15, -0.1) is 0 Å². The van der Waals surface area contributed by atoms with Crippen molar-refractivity contribution in [3.8, 4) is 5.75 Å². The quantitative estimate of drug-likeness (QED) is 0.673. The summed E-state index contributed by atoms with van der Waals surface area (Å²) in [7, 11) is 0. The fraction of sp³-hybridized carbons (Fsp3) is 0.588. The Labute approximate surface area is 121 Å². The molecule has 0 radical (unpaired) electrons. The van der Waals surface area contributed by atoms with Crippen LogP contribution in [0.2, 0.25) is 0 Å². The lowest BCUT2D eigenvalue weighted by atomic mass is 9.87. The number of ketones is 1. The van der Waals surface area contributed by atoms with Crippen molar-refractivity contribution in [3.05, 3.63) is 29.8 Å². The van der Waals surface area contributed by atoms with Crippen LogP contribution >= 0.6 is 0 Å². The van der Waals surface area contributed by atoms with Gasteiger partial charge < -0.3 is 9.47 Å². The second kappa shape index (κ2) is 6.40. The van der Waals surface area contributed by atoms with Crippen LogP contribution < -0.4 is 4.74 Å². The lowest BCUT2D eigenvalue weighted by Gasteiger charge is -2.30. The molecule has 0 aromatic heterocycles. The van der Waals surface area contributed by atoms with Crippen molar-refractivity contribution < 1.29 is 14.3 Å². The van der Waals surface area contributed by atoms with Gasteiger partial charge in [0.1, 0.15) is 11.4 Å². The normalized spacial score (nSPS) is 15.2. The van der Waals surface area contributed by atoms with Crippen molar-refractivity contribution in [1.29, 1.82) is 0 Å². The molecule has 1 fully saturated rings. The van der Waals surface area contributed by atoms with E-state index in [2.05, 4.69) is 0 Å². The number of hydrogen-bond donors (Lipinski definition) is 0. The van der Waals surface area contributed by atoms with Gasteiger partial charge in [0.15, 0.2) is 5.78 Å². The Balaban J connectivity index is 2.21. The Morgan fingerprint density at radius 2 is 1.95 bits per heavy atom. The first kappa shape index (κ1) is 15.0. The molecule has 0 saturated heterocycles. The maximum Gasteiger partial charge on any atom is 0.194 e. The molecule has 0 atom stereocenters. The van der Waals surface area contributed by atoms with Gasteiger partial charge in [0, 0.05) is 12.2 Å². The molecule has 0 bridgehead atoms. The molecule has 1 saturated carbocycles. The molecule has 0 aliphatic heterocycles. The van der Waals surface area contributed by atoms with Crippen LogP contribution in [0.4, 0.5) is 0 Å². The first-order chi connectivity index (χ1) is 9.65. The molecule has 0 spiro atoms. The molecule has 2 rings (SSSR count). The van der Waals surface area contributed by atoms with Gasteiger partial charge in [-0.3, -0.25) is 4.79 Å². The van der Waals surface area contributed by atoms with E-state index in [0.29, 0.717) is 31.1 Å². The Hall–Kier alpha value is -1.35. The number of Topliss-reactive ketones (excluding diaryl/α,β-unsaturated/α-hetero) is 1. The maximum absolute atomic E-state index is 12.8. The van der Waals surface area contributed by atoms with E-state index in [9.17, 15) is 4.79 Å². The highest BCUT2D eigenvalue weighted by atomic mass is 16.5. The van der Waals surface area contributed by atoms with Gasteiger partial charge in [0.25, 0.3) is 0 Å². The third kappa shape index (κ3) is 3.21. The summed E-state index contributed by atoms with van der Waals surface area (Å²) in [4.78, 5) is 12.8. The second-order valence-electron chi connectivity index (χ2n) is 5.31. The van der Waals surface area contributed by atoms with Gasteiger partial charge in [0.05, 0.1) is 6.10 Å². The Bertz CT molecular complexity index is 459. The Morgan fingerprint density at radius 1 is 1.25 bits per heavy atom. The minimum Gasteiger partial charge on any atom is -0.490 e. The summed E-state index contributed by atoms with van der Waals surface area (Å²) in [5.41, 5.74) is -0.0206. The number of rotatable bonds is 8. The van der Waals surface area contributed by atoms with Crippen molar-refractivity contribution in [1.82, 2.24) is 0 Å². The van der Waals surface area contributed by atoms with Crippen LogP contribution in [0.15, 0.2) is 24.3 Å². The fourth-order valence-electron chi connectivity index (χ4n) is 2.47. The molecule has 0 heterocycles. The van der Waals surface area contributed by atoms with Crippen molar-refractivity contribution >= 4 is 5.78 Å². The average Bonchev–Trinajstić information content (AvgIpc) is 3.28. The van der Waals surface area contributed by atoms with Gasteiger partial charge in [0.2, 0.25) is 0 Å². The summed E-state index contributed by atoms with van der Waals surface area (Å²) < 4.78 is 11.6. The highest BCUT2D eigenvalue weighted by Gasteiger charge is 2.36. The first-order valence-corrected chi connectivity index (χ1v) is 7.60. The number of hydrogen-bond acceptors (Lipinski definition) is 3. The standard InChI is InChI=1S/C17H24O3/c1-4-17(5-2,19-6-3)16(18)13-8-7-9-15(12-13)20-14-10-11-14/h7-9,12,14H,4-6,10-11H2,1-3H3. The smallest absolute Gasteiger partial charge is 0.194 e. The summed E-state index contributed by atoms with van der Waals surface area (Å²) in [6.07, 6.45) is 3.94. The van der Waals surface area contributed by atoms with Gasteiger partial charge >= 0.3 is 0 Å². The molecule has 20 heavy (non-hydrogen) atoms. The monoisotopic (exact) mass is 276 g/mol. The van der Waals surface area contributed by atoms with Crippen LogP contribution in [0.1, 0.15) is 56.8 Å². The number of ether oxygens (including phenoxy) is 2. The van der Waals surface area contributed by atoms with Gasteiger partial charge in [-0.25, -0.2) is 0 Å². The minimum atomic E-state index is -0.701. The molecule has 0 N–H and O–H groups in total. The van der Waals surface area contributed by atoms with Crippen molar-refractivity contribution in [2.24, 2.45) is 0 Å². The van der Waals surface area contributed by atoms with Crippen LogP contribution in [-0.2, 0) is 4.74 Å². The van der Waals surface area contributed by atoms with E-state index in [1.807, 2.05) is 45.0 Å². The lowest BCUT2D eigenvalue weighted by molar-refractivity contribution is -0.0250. The molecular weight excluding hydrogens is 252 g/mol. The van der Waals surface area contributed by atoms with Crippen LogP contribution in [0.25, 0.3) is 0 Å². The zero-order valence-electron chi connectivity index (χ0n) is 12.6. The molecule has 1 aromatic rings.